The summed E-state index contributed by atoms with van der Waals surface area (Å²) in [5.41, 5.74) is 0.360. The summed E-state index contributed by atoms with van der Waals surface area (Å²) in [5, 5.41) is 11.4. The third-order valence-corrected chi connectivity index (χ3v) is 6.20. The molecule has 0 atom stereocenters. The SMILES string of the molecule is O=C(Nc1cccc(F)c1)c1nnc(CCCC(=O)N2CCC3(CC2)OCCO3)s1. The zero-order valence-electron chi connectivity index (χ0n) is 16.4. The van der Waals surface area contributed by atoms with Gasteiger partial charge in [0.15, 0.2) is 5.79 Å². The third kappa shape index (κ3) is 5.00. The molecule has 0 unspecified atom stereocenters. The van der Waals surface area contributed by atoms with Crippen molar-refractivity contribution in [2.24, 2.45) is 0 Å². The number of piperidine rings is 1. The van der Waals surface area contributed by atoms with Crippen molar-refractivity contribution in [1.82, 2.24) is 15.1 Å². The van der Waals surface area contributed by atoms with E-state index in [1.165, 1.54) is 29.5 Å². The predicted molar refractivity (Wildman–Crippen MR) is 108 cm³/mol. The second-order valence-electron chi connectivity index (χ2n) is 7.31. The van der Waals surface area contributed by atoms with Gasteiger partial charge in [0.2, 0.25) is 10.9 Å². The van der Waals surface area contributed by atoms with E-state index in [1.54, 1.807) is 6.07 Å². The second kappa shape index (κ2) is 9.15. The molecule has 2 aliphatic rings. The van der Waals surface area contributed by atoms with Gasteiger partial charge in [-0.25, -0.2) is 4.39 Å². The molecule has 0 aliphatic carbocycles. The lowest BCUT2D eigenvalue weighted by atomic mass is 10.0. The van der Waals surface area contributed by atoms with Gasteiger partial charge >= 0.3 is 0 Å². The second-order valence-corrected chi connectivity index (χ2v) is 8.37. The number of ether oxygens (including phenoxy) is 2. The maximum atomic E-state index is 13.2. The zero-order chi connectivity index (χ0) is 21.0. The number of carbonyl (C=O) groups excluding carboxylic acids is 2. The number of amides is 2. The van der Waals surface area contributed by atoms with Crippen molar-refractivity contribution in [3.8, 4) is 0 Å². The Hall–Kier alpha value is -2.43. The van der Waals surface area contributed by atoms with Gasteiger partial charge < -0.3 is 19.7 Å². The molecule has 2 aromatic rings. The van der Waals surface area contributed by atoms with Gasteiger partial charge in [-0.2, -0.15) is 0 Å². The van der Waals surface area contributed by atoms with Crippen LogP contribution in [-0.4, -0.2) is 59.0 Å². The minimum Gasteiger partial charge on any atom is -0.347 e. The van der Waals surface area contributed by atoms with Crippen LogP contribution in [0.25, 0.3) is 0 Å². The minimum atomic E-state index is -0.480. The van der Waals surface area contributed by atoms with Crippen LogP contribution in [0.3, 0.4) is 0 Å². The fourth-order valence-corrected chi connectivity index (χ4v) is 4.41. The van der Waals surface area contributed by atoms with Crippen LogP contribution in [0.4, 0.5) is 10.1 Å². The lowest BCUT2D eigenvalue weighted by molar-refractivity contribution is -0.187. The van der Waals surface area contributed by atoms with E-state index in [0.717, 1.165) is 0 Å². The Morgan fingerprint density at radius 1 is 1.20 bits per heavy atom. The first-order valence-corrected chi connectivity index (χ1v) is 10.8. The molecule has 160 valence electrons. The summed E-state index contributed by atoms with van der Waals surface area (Å²) in [6.07, 6.45) is 3.03. The van der Waals surface area contributed by atoms with Gasteiger partial charge in [0.1, 0.15) is 10.8 Å². The molecule has 1 N–H and O–H groups in total. The molecule has 1 aromatic heterocycles. The number of aromatic nitrogens is 2. The Balaban J connectivity index is 1.21. The highest BCUT2D eigenvalue weighted by Gasteiger charge is 2.40. The fraction of sp³-hybridized carbons (Fsp3) is 0.500. The normalized spacial score (nSPS) is 18.0. The smallest absolute Gasteiger partial charge is 0.286 e. The van der Waals surface area contributed by atoms with E-state index in [1.807, 2.05) is 4.90 Å². The number of benzene rings is 1. The quantitative estimate of drug-likeness (QED) is 0.751. The summed E-state index contributed by atoms with van der Waals surface area (Å²) in [6.45, 7) is 2.53. The number of likely N-dealkylation sites (tertiary alicyclic amines) is 1. The van der Waals surface area contributed by atoms with Gasteiger partial charge in [-0.15, -0.1) is 10.2 Å². The summed E-state index contributed by atoms with van der Waals surface area (Å²) in [7, 11) is 0. The highest BCUT2D eigenvalue weighted by molar-refractivity contribution is 7.13. The van der Waals surface area contributed by atoms with Gasteiger partial charge in [0.05, 0.1) is 13.2 Å². The standard InChI is InChI=1S/C20H23FN4O4S/c21-14-3-1-4-15(13-14)22-18(27)19-24-23-16(30-19)5-2-6-17(26)25-9-7-20(8-10-25)28-11-12-29-20/h1,3-4,13H,2,5-12H2,(H,22,27). The molecule has 2 fully saturated rings. The van der Waals surface area contributed by atoms with Crippen LogP contribution >= 0.6 is 11.3 Å². The molecule has 0 radical (unpaired) electrons. The summed E-state index contributed by atoms with van der Waals surface area (Å²) in [6, 6.07) is 5.66. The fourth-order valence-electron chi connectivity index (χ4n) is 3.63. The highest BCUT2D eigenvalue weighted by Crippen LogP contribution is 2.31. The molecule has 4 rings (SSSR count). The average molecular weight is 434 g/mol. The molecular weight excluding hydrogens is 411 g/mol. The number of carbonyl (C=O) groups is 2. The molecular formula is C20H23FN4O4S. The molecule has 3 heterocycles. The van der Waals surface area contributed by atoms with E-state index >= 15 is 0 Å². The summed E-state index contributed by atoms with van der Waals surface area (Å²) in [5.74, 6) is -1.23. The van der Waals surface area contributed by atoms with Crippen molar-refractivity contribution < 1.29 is 23.5 Å². The van der Waals surface area contributed by atoms with E-state index in [9.17, 15) is 14.0 Å². The summed E-state index contributed by atoms with van der Waals surface area (Å²) >= 11 is 1.18. The van der Waals surface area contributed by atoms with Crippen molar-refractivity contribution in [3.05, 3.63) is 40.1 Å². The van der Waals surface area contributed by atoms with Crippen molar-refractivity contribution in [1.29, 1.82) is 0 Å². The lowest BCUT2D eigenvalue weighted by Gasteiger charge is -2.37. The monoisotopic (exact) mass is 434 g/mol. The van der Waals surface area contributed by atoms with Crippen LogP contribution in [0.5, 0.6) is 0 Å². The van der Waals surface area contributed by atoms with Crippen molar-refractivity contribution in [3.63, 3.8) is 0 Å². The third-order valence-electron chi connectivity index (χ3n) is 5.22. The van der Waals surface area contributed by atoms with Crippen LogP contribution in [0.1, 0.15) is 40.5 Å². The van der Waals surface area contributed by atoms with Crippen molar-refractivity contribution in [2.75, 3.05) is 31.6 Å². The largest absolute Gasteiger partial charge is 0.347 e. The van der Waals surface area contributed by atoms with Gasteiger partial charge in [0, 0.05) is 44.5 Å². The molecule has 2 saturated heterocycles. The number of nitrogens with one attached hydrogen (secondary N) is 1. The Bertz CT molecular complexity index is 906. The zero-order valence-corrected chi connectivity index (χ0v) is 17.3. The van der Waals surface area contributed by atoms with E-state index in [2.05, 4.69) is 15.5 Å². The van der Waals surface area contributed by atoms with Gasteiger partial charge in [-0.05, 0) is 24.6 Å². The van der Waals surface area contributed by atoms with Gasteiger partial charge in [0.25, 0.3) is 5.91 Å². The number of aryl methyl sites for hydroxylation is 1. The number of nitrogens with zero attached hydrogens (tertiary/aromatic N) is 3. The van der Waals surface area contributed by atoms with Crippen LogP contribution < -0.4 is 5.32 Å². The summed E-state index contributed by atoms with van der Waals surface area (Å²) < 4.78 is 24.6. The van der Waals surface area contributed by atoms with E-state index in [0.29, 0.717) is 69.1 Å². The molecule has 8 nitrogen and oxygen atoms in total. The Morgan fingerprint density at radius 2 is 1.97 bits per heavy atom. The predicted octanol–water partition coefficient (Wildman–Crippen LogP) is 2.62. The average Bonchev–Trinajstić information content (AvgIpc) is 3.39. The van der Waals surface area contributed by atoms with Crippen LogP contribution in [0.2, 0.25) is 0 Å². The number of rotatable bonds is 6. The number of hydrogen-bond acceptors (Lipinski definition) is 7. The van der Waals surface area contributed by atoms with Crippen molar-refractivity contribution >= 4 is 28.8 Å². The molecule has 30 heavy (non-hydrogen) atoms. The maximum Gasteiger partial charge on any atom is 0.286 e. The first-order chi connectivity index (χ1) is 14.5. The van der Waals surface area contributed by atoms with E-state index in [4.69, 9.17) is 9.47 Å². The molecule has 1 aromatic carbocycles. The molecule has 0 saturated carbocycles. The van der Waals surface area contributed by atoms with Crippen LogP contribution in [0.15, 0.2) is 24.3 Å². The lowest BCUT2D eigenvalue weighted by Crippen LogP contribution is -2.47. The Kier molecular flexibility index (Phi) is 6.35. The number of halogens is 1. The molecule has 10 heteroatoms. The Morgan fingerprint density at radius 3 is 2.70 bits per heavy atom. The minimum absolute atomic E-state index is 0.108. The van der Waals surface area contributed by atoms with Gasteiger partial charge in [-0.3, -0.25) is 9.59 Å². The molecule has 2 amide bonds. The number of hydrogen-bond donors (Lipinski definition) is 1. The topological polar surface area (TPSA) is 93.7 Å². The first-order valence-electron chi connectivity index (χ1n) is 9.98. The summed E-state index contributed by atoms with van der Waals surface area (Å²) in [4.78, 5) is 26.5. The van der Waals surface area contributed by atoms with Crippen molar-refractivity contribution in [2.45, 2.75) is 37.9 Å². The van der Waals surface area contributed by atoms with Crippen LogP contribution in [-0.2, 0) is 20.7 Å². The molecule has 2 aliphatic heterocycles. The maximum absolute atomic E-state index is 13.2. The van der Waals surface area contributed by atoms with Crippen LogP contribution in [0, 0.1) is 5.82 Å². The first kappa shape index (κ1) is 20.8. The molecule has 0 bridgehead atoms. The highest BCUT2D eigenvalue weighted by atomic mass is 32.1. The molecule has 1 spiro atoms. The number of anilines is 1. The van der Waals surface area contributed by atoms with E-state index < -0.39 is 17.5 Å². The van der Waals surface area contributed by atoms with Gasteiger partial charge in [-0.1, -0.05) is 17.4 Å². The van der Waals surface area contributed by atoms with E-state index in [-0.39, 0.29) is 10.9 Å². The Labute approximate surface area is 177 Å².